The smallest absolute Gasteiger partial charge is 0.243 e. The van der Waals surface area contributed by atoms with E-state index in [-0.39, 0.29) is 18.1 Å². The van der Waals surface area contributed by atoms with Crippen molar-refractivity contribution in [2.45, 2.75) is 11.4 Å². The number of benzene rings is 2. The van der Waals surface area contributed by atoms with E-state index in [1.54, 1.807) is 0 Å². The van der Waals surface area contributed by atoms with Crippen LogP contribution in [0.3, 0.4) is 0 Å². The van der Waals surface area contributed by atoms with E-state index in [1.165, 1.54) is 22.5 Å². The third kappa shape index (κ3) is 5.04. The lowest BCUT2D eigenvalue weighted by Gasteiger charge is -2.34. The molecular formula is C19H23FN2O4S. The highest BCUT2D eigenvalue weighted by Gasteiger charge is 2.28. The molecule has 2 aromatic carbocycles. The zero-order chi connectivity index (χ0) is 19.3. The average molecular weight is 394 g/mol. The number of hydrogen-bond donors (Lipinski definition) is 1. The number of hydrogen-bond acceptors (Lipinski definition) is 5. The van der Waals surface area contributed by atoms with E-state index in [4.69, 9.17) is 9.84 Å². The summed E-state index contributed by atoms with van der Waals surface area (Å²) in [7, 11) is -3.67. The van der Waals surface area contributed by atoms with Gasteiger partial charge in [0.2, 0.25) is 10.0 Å². The molecule has 27 heavy (non-hydrogen) atoms. The molecule has 2 aromatic rings. The lowest BCUT2D eigenvalue weighted by atomic mass is 10.2. The number of aliphatic hydroxyl groups excluding tert-OH is 1. The molecule has 0 unspecified atom stereocenters. The van der Waals surface area contributed by atoms with Crippen LogP contribution in [0.2, 0.25) is 0 Å². The summed E-state index contributed by atoms with van der Waals surface area (Å²) >= 11 is 0. The SMILES string of the molecule is O=S(=O)(c1cccc(F)c1)N1CCN(Cc2cccc(OCCO)c2)CC1. The summed E-state index contributed by atoms with van der Waals surface area (Å²) in [4.78, 5) is 2.16. The first-order valence-corrected chi connectivity index (χ1v) is 10.2. The van der Waals surface area contributed by atoms with E-state index in [2.05, 4.69) is 4.90 Å². The first kappa shape index (κ1) is 19.8. The van der Waals surface area contributed by atoms with Crippen LogP contribution < -0.4 is 4.74 Å². The van der Waals surface area contributed by atoms with Gasteiger partial charge >= 0.3 is 0 Å². The Labute approximate surface area is 158 Å². The molecule has 1 aliphatic rings. The molecule has 6 nitrogen and oxygen atoms in total. The standard InChI is InChI=1S/C19H23FN2O4S/c20-17-4-2-6-19(14-17)27(24,25)22-9-7-21(8-10-22)15-16-3-1-5-18(13-16)26-12-11-23/h1-6,13-14,23H,7-12,15H2. The predicted octanol–water partition coefficient (Wildman–Crippen LogP) is 1.70. The Kier molecular flexibility index (Phi) is 6.43. The Morgan fingerprint density at radius 1 is 1.04 bits per heavy atom. The van der Waals surface area contributed by atoms with Gasteiger partial charge < -0.3 is 9.84 Å². The first-order chi connectivity index (χ1) is 13.0. The summed E-state index contributed by atoms with van der Waals surface area (Å²) < 4.78 is 45.5. The number of ether oxygens (including phenoxy) is 1. The molecular weight excluding hydrogens is 371 g/mol. The van der Waals surface area contributed by atoms with Crippen molar-refractivity contribution in [1.82, 2.24) is 9.21 Å². The number of halogens is 1. The first-order valence-electron chi connectivity index (χ1n) is 8.80. The molecule has 0 bridgehead atoms. The largest absolute Gasteiger partial charge is 0.491 e. The Morgan fingerprint density at radius 2 is 1.78 bits per heavy atom. The van der Waals surface area contributed by atoms with Crippen molar-refractivity contribution < 1.29 is 22.7 Å². The lowest BCUT2D eigenvalue weighted by Crippen LogP contribution is -2.48. The predicted molar refractivity (Wildman–Crippen MR) is 99.5 cm³/mol. The van der Waals surface area contributed by atoms with Gasteiger partial charge in [-0.15, -0.1) is 0 Å². The van der Waals surface area contributed by atoms with Crippen LogP contribution in [0, 0.1) is 5.82 Å². The van der Waals surface area contributed by atoms with E-state index in [0.717, 1.165) is 11.6 Å². The zero-order valence-corrected chi connectivity index (χ0v) is 15.7. The van der Waals surface area contributed by atoms with Crippen LogP contribution >= 0.6 is 0 Å². The molecule has 0 aromatic heterocycles. The zero-order valence-electron chi connectivity index (χ0n) is 14.9. The molecule has 146 valence electrons. The van der Waals surface area contributed by atoms with Gasteiger partial charge in [-0.05, 0) is 35.9 Å². The van der Waals surface area contributed by atoms with Crippen LogP contribution in [0.1, 0.15) is 5.56 Å². The van der Waals surface area contributed by atoms with Crippen molar-refractivity contribution in [2.24, 2.45) is 0 Å². The fourth-order valence-corrected chi connectivity index (χ4v) is 4.51. The van der Waals surface area contributed by atoms with Gasteiger partial charge in [0.1, 0.15) is 18.2 Å². The highest BCUT2D eigenvalue weighted by molar-refractivity contribution is 7.89. The van der Waals surface area contributed by atoms with E-state index < -0.39 is 15.8 Å². The number of nitrogens with zero attached hydrogens (tertiary/aromatic N) is 2. The van der Waals surface area contributed by atoms with Crippen molar-refractivity contribution in [3.63, 3.8) is 0 Å². The maximum Gasteiger partial charge on any atom is 0.243 e. The van der Waals surface area contributed by atoms with Crippen LogP contribution in [-0.2, 0) is 16.6 Å². The van der Waals surface area contributed by atoms with Gasteiger partial charge in [-0.3, -0.25) is 4.90 Å². The van der Waals surface area contributed by atoms with Crippen molar-refractivity contribution in [1.29, 1.82) is 0 Å². The molecule has 1 N–H and O–H groups in total. The third-order valence-electron chi connectivity index (χ3n) is 4.43. The molecule has 3 rings (SSSR count). The topological polar surface area (TPSA) is 70.1 Å². The maximum absolute atomic E-state index is 13.4. The molecule has 0 atom stereocenters. The molecule has 1 fully saturated rings. The minimum atomic E-state index is -3.67. The van der Waals surface area contributed by atoms with Gasteiger partial charge in [-0.2, -0.15) is 4.31 Å². The molecule has 0 saturated carbocycles. The Morgan fingerprint density at radius 3 is 2.48 bits per heavy atom. The number of sulfonamides is 1. The van der Waals surface area contributed by atoms with Crippen LogP contribution in [0.25, 0.3) is 0 Å². The van der Waals surface area contributed by atoms with Gasteiger partial charge in [0.05, 0.1) is 11.5 Å². The second-order valence-electron chi connectivity index (χ2n) is 6.36. The second kappa shape index (κ2) is 8.79. The molecule has 0 radical (unpaired) electrons. The van der Waals surface area contributed by atoms with Crippen molar-refractivity contribution in [3.8, 4) is 5.75 Å². The molecule has 8 heteroatoms. The fraction of sp³-hybridized carbons (Fsp3) is 0.368. The summed E-state index contributed by atoms with van der Waals surface area (Å²) in [6.07, 6.45) is 0. The Hall–Kier alpha value is -2.00. The summed E-state index contributed by atoms with van der Waals surface area (Å²) in [6.45, 7) is 2.81. The number of rotatable bonds is 7. The van der Waals surface area contributed by atoms with Gasteiger partial charge in [-0.1, -0.05) is 18.2 Å². The molecule has 1 heterocycles. The van der Waals surface area contributed by atoms with Crippen molar-refractivity contribution in [3.05, 3.63) is 59.9 Å². The number of aliphatic hydroxyl groups is 1. The van der Waals surface area contributed by atoms with Gasteiger partial charge in [0.25, 0.3) is 0 Å². The summed E-state index contributed by atoms with van der Waals surface area (Å²) in [5.74, 6) is 0.145. The molecule has 1 aliphatic heterocycles. The van der Waals surface area contributed by atoms with E-state index in [1.807, 2.05) is 24.3 Å². The fourth-order valence-electron chi connectivity index (χ4n) is 3.06. The number of piperazine rings is 1. The maximum atomic E-state index is 13.4. The molecule has 0 aliphatic carbocycles. The summed E-state index contributed by atoms with van der Waals surface area (Å²) in [5.41, 5.74) is 1.06. The van der Waals surface area contributed by atoms with Gasteiger partial charge in [0, 0.05) is 32.7 Å². The normalized spacial score (nSPS) is 16.4. The van der Waals surface area contributed by atoms with Crippen LogP contribution in [0.5, 0.6) is 5.75 Å². The molecule has 1 saturated heterocycles. The van der Waals surface area contributed by atoms with E-state index >= 15 is 0 Å². The highest BCUT2D eigenvalue weighted by Crippen LogP contribution is 2.20. The second-order valence-corrected chi connectivity index (χ2v) is 8.30. The van der Waals surface area contributed by atoms with Crippen molar-refractivity contribution in [2.75, 3.05) is 39.4 Å². The van der Waals surface area contributed by atoms with E-state index in [9.17, 15) is 12.8 Å². The lowest BCUT2D eigenvalue weighted by molar-refractivity contribution is 0.181. The summed E-state index contributed by atoms with van der Waals surface area (Å²) in [6, 6.07) is 12.8. The van der Waals surface area contributed by atoms with Crippen LogP contribution in [0.4, 0.5) is 4.39 Å². The summed E-state index contributed by atoms with van der Waals surface area (Å²) in [5, 5.41) is 8.84. The quantitative estimate of drug-likeness (QED) is 0.774. The highest BCUT2D eigenvalue weighted by atomic mass is 32.2. The Balaban J connectivity index is 1.59. The van der Waals surface area contributed by atoms with E-state index in [0.29, 0.717) is 38.5 Å². The van der Waals surface area contributed by atoms with Crippen LogP contribution in [-0.4, -0.2) is 62.1 Å². The van der Waals surface area contributed by atoms with Gasteiger partial charge in [-0.25, -0.2) is 12.8 Å². The third-order valence-corrected chi connectivity index (χ3v) is 6.32. The minimum Gasteiger partial charge on any atom is -0.491 e. The van der Waals surface area contributed by atoms with Crippen molar-refractivity contribution >= 4 is 10.0 Å². The monoisotopic (exact) mass is 394 g/mol. The minimum absolute atomic E-state index is 0.00955. The Bertz CT molecular complexity index is 868. The van der Waals surface area contributed by atoms with Gasteiger partial charge in [0.15, 0.2) is 0 Å². The van der Waals surface area contributed by atoms with Crippen LogP contribution in [0.15, 0.2) is 53.4 Å². The molecule has 0 spiro atoms. The average Bonchev–Trinajstić information content (AvgIpc) is 2.67. The molecule has 0 amide bonds.